The second kappa shape index (κ2) is 6.61. The van der Waals surface area contributed by atoms with Crippen LogP contribution in [0, 0.1) is 0 Å². The molecule has 0 bridgehead atoms. The van der Waals surface area contributed by atoms with Gasteiger partial charge in [-0.15, -0.1) is 11.3 Å². The Morgan fingerprint density at radius 1 is 1.12 bits per heavy atom. The smallest absolute Gasteiger partial charge is 0.337 e. The predicted molar refractivity (Wildman–Crippen MR) is 99.8 cm³/mol. The van der Waals surface area contributed by atoms with Gasteiger partial charge in [-0.1, -0.05) is 30.3 Å². The number of hydrogen-bond acceptors (Lipinski definition) is 5. The fourth-order valence-corrected chi connectivity index (χ4v) is 3.74. The summed E-state index contributed by atoms with van der Waals surface area (Å²) in [6.45, 7) is 0. The van der Waals surface area contributed by atoms with Crippen LogP contribution in [0.2, 0.25) is 0 Å². The SMILES string of the molecule is COC(=O)c1ccc2c(c1)CCC(c1nc(-c3ccccc3)cs1)=N2. The first-order valence-corrected chi connectivity index (χ1v) is 8.92. The maximum atomic E-state index is 11.7. The molecule has 0 spiro atoms. The van der Waals surface area contributed by atoms with E-state index in [9.17, 15) is 4.79 Å². The van der Waals surface area contributed by atoms with E-state index in [4.69, 9.17) is 14.7 Å². The monoisotopic (exact) mass is 348 g/mol. The van der Waals surface area contributed by atoms with Crippen LogP contribution in [0.25, 0.3) is 11.3 Å². The van der Waals surface area contributed by atoms with Crippen molar-refractivity contribution in [1.29, 1.82) is 0 Å². The van der Waals surface area contributed by atoms with Gasteiger partial charge < -0.3 is 4.74 Å². The number of esters is 1. The summed E-state index contributed by atoms with van der Waals surface area (Å²) in [5, 5.41) is 3.03. The van der Waals surface area contributed by atoms with Crippen LogP contribution in [-0.2, 0) is 11.2 Å². The van der Waals surface area contributed by atoms with Crippen molar-refractivity contribution in [1.82, 2.24) is 4.98 Å². The van der Waals surface area contributed by atoms with Crippen LogP contribution in [0.1, 0.15) is 27.3 Å². The van der Waals surface area contributed by atoms with Gasteiger partial charge in [-0.3, -0.25) is 4.99 Å². The highest BCUT2D eigenvalue weighted by Gasteiger charge is 2.18. The fourth-order valence-electron chi connectivity index (χ4n) is 2.90. The number of thiazole rings is 1. The molecule has 25 heavy (non-hydrogen) atoms. The van der Waals surface area contributed by atoms with Crippen LogP contribution in [0.3, 0.4) is 0 Å². The number of fused-ring (bicyclic) bond motifs is 1. The first-order chi connectivity index (χ1) is 12.2. The third-order valence-electron chi connectivity index (χ3n) is 4.21. The summed E-state index contributed by atoms with van der Waals surface area (Å²) in [5.41, 5.74) is 5.66. The van der Waals surface area contributed by atoms with Crippen LogP contribution < -0.4 is 0 Å². The van der Waals surface area contributed by atoms with Crippen LogP contribution >= 0.6 is 11.3 Å². The van der Waals surface area contributed by atoms with Gasteiger partial charge in [0.05, 0.1) is 29.8 Å². The lowest BCUT2D eigenvalue weighted by atomic mass is 9.99. The van der Waals surface area contributed by atoms with Crippen LogP contribution in [0.15, 0.2) is 58.9 Å². The number of benzene rings is 2. The Balaban J connectivity index is 1.64. The Bertz CT molecular complexity index is 961. The molecule has 1 aromatic heterocycles. The predicted octanol–water partition coefficient (Wildman–Crippen LogP) is 4.66. The normalized spacial score (nSPS) is 13.1. The molecule has 0 amide bonds. The van der Waals surface area contributed by atoms with Crippen molar-refractivity contribution in [2.75, 3.05) is 7.11 Å². The molecule has 0 saturated carbocycles. The fraction of sp³-hybridized carbons (Fsp3) is 0.150. The van der Waals surface area contributed by atoms with Gasteiger partial charge in [-0.05, 0) is 36.6 Å². The zero-order valence-corrected chi connectivity index (χ0v) is 14.5. The third kappa shape index (κ3) is 3.10. The number of ether oxygens (including phenoxy) is 1. The van der Waals surface area contributed by atoms with E-state index in [0.29, 0.717) is 5.56 Å². The second-order valence-electron chi connectivity index (χ2n) is 5.80. The molecule has 0 atom stereocenters. The van der Waals surface area contributed by atoms with Gasteiger partial charge in [-0.2, -0.15) is 0 Å². The Labute approximate surface area is 149 Å². The number of carbonyl (C=O) groups is 1. The number of aliphatic imine (C=N–C) groups is 1. The van der Waals surface area contributed by atoms with E-state index in [1.54, 1.807) is 17.4 Å². The third-order valence-corrected chi connectivity index (χ3v) is 5.10. The van der Waals surface area contributed by atoms with E-state index >= 15 is 0 Å². The highest BCUT2D eigenvalue weighted by molar-refractivity contribution is 7.12. The summed E-state index contributed by atoms with van der Waals surface area (Å²) < 4.78 is 4.78. The molecule has 124 valence electrons. The lowest BCUT2D eigenvalue weighted by Gasteiger charge is -2.14. The zero-order chi connectivity index (χ0) is 17.2. The molecule has 0 unspecified atom stereocenters. The van der Waals surface area contributed by atoms with Gasteiger partial charge >= 0.3 is 5.97 Å². The summed E-state index contributed by atoms with van der Waals surface area (Å²) in [7, 11) is 1.39. The van der Waals surface area contributed by atoms with Crippen molar-refractivity contribution in [3.8, 4) is 11.3 Å². The van der Waals surface area contributed by atoms with Gasteiger partial charge in [0, 0.05) is 10.9 Å². The van der Waals surface area contributed by atoms with Crippen molar-refractivity contribution in [3.63, 3.8) is 0 Å². The standard InChI is InChI=1S/C20H16N2O2S/c1-24-20(23)15-8-9-16-14(11-15)7-10-17(21-16)19-22-18(12-25-19)13-5-3-2-4-6-13/h2-6,8-9,11-12H,7,10H2,1H3. The highest BCUT2D eigenvalue weighted by atomic mass is 32.1. The molecule has 0 N–H and O–H groups in total. The van der Waals surface area contributed by atoms with Crippen molar-refractivity contribution in [2.24, 2.45) is 4.99 Å². The van der Waals surface area contributed by atoms with E-state index in [2.05, 4.69) is 17.5 Å². The van der Waals surface area contributed by atoms with Crippen LogP contribution in [0.5, 0.6) is 0 Å². The summed E-state index contributed by atoms with van der Waals surface area (Å²) in [6, 6.07) is 15.7. The lowest BCUT2D eigenvalue weighted by Crippen LogP contribution is -2.09. The van der Waals surface area contributed by atoms with Crippen LogP contribution in [-0.4, -0.2) is 23.8 Å². The van der Waals surface area contributed by atoms with E-state index < -0.39 is 0 Å². The average Bonchev–Trinajstić information content (AvgIpc) is 3.17. The minimum Gasteiger partial charge on any atom is -0.465 e. The molecule has 1 aliphatic rings. The Hall–Kier alpha value is -2.79. The average molecular weight is 348 g/mol. The maximum Gasteiger partial charge on any atom is 0.337 e. The van der Waals surface area contributed by atoms with Crippen LogP contribution in [0.4, 0.5) is 5.69 Å². The van der Waals surface area contributed by atoms with E-state index in [0.717, 1.165) is 46.1 Å². The summed E-state index contributed by atoms with van der Waals surface area (Å²) >= 11 is 1.62. The summed E-state index contributed by atoms with van der Waals surface area (Å²) in [4.78, 5) is 21.2. The topological polar surface area (TPSA) is 51.5 Å². The molecule has 0 aliphatic carbocycles. The quantitative estimate of drug-likeness (QED) is 0.647. The zero-order valence-electron chi connectivity index (χ0n) is 13.7. The first kappa shape index (κ1) is 15.7. The Morgan fingerprint density at radius 2 is 1.96 bits per heavy atom. The molecule has 4 rings (SSSR count). The molecule has 0 saturated heterocycles. The molecule has 0 fully saturated rings. The molecule has 4 nitrogen and oxygen atoms in total. The van der Waals surface area contributed by atoms with Crippen molar-refractivity contribution < 1.29 is 9.53 Å². The number of hydrogen-bond donors (Lipinski definition) is 0. The number of aryl methyl sites for hydroxylation is 1. The number of methoxy groups -OCH3 is 1. The van der Waals surface area contributed by atoms with Gasteiger partial charge in [0.25, 0.3) is 0 Å². The largest absolute Gasteiger partial charge is 0.465 e. The summed E-state index contributed by atoms with van der Waals surface area (Å²) in [6.07, 6.45) is 1.67. The second-order valence-corrected chi connectivity index (χ2v) is 6.66. The van der Waals surface area contributed by atoms with Gasteiger partial charge in [0.15, 0.2) is 0 Å². The molecule has 3 aromatic rings. The molecular weight excluding hydrogens is 332 g/mol. The van der Waals surface area contributed by atoms with Gasteiger partial charge in [0.1, 0.15) is 5.01 Å². The lowest BCUT2D eigenvalue weighted by molar-refractivity contribution is 0.0600. The number of rotatable bonds is 3. The minimum atomic E-state index is -0.315. The molecular formula is C20H16N2O2S. The molecule has 2 aromatic carbocycles. The number of nitrogens with zero attached hydrogens (tertiary/aromatic N) is 2. The van der Waals surface area contributed by atoms with Gasteiger partial charge in [0.2, 0.25) is 0 Å². The maximum absolute atomic E-state index is 11.7. The Morgan fingerprint density at radius 3 is 2.76 bits per heavy atom. The molecule has 2 heterocycles. The number of aromatic nitrogens is 1. The molecule has 1 aliphatic heterocycles. The van der Waals surface area contributed by atoms with Crippen molar-refractivity contribution >= 4 is 28.7 Å². The van der Waals surface area contributed by atoms with Gasteiger partial charge in [-0.25, -0.2) is 9.78 Å². The minimum absolute atomic E-state index is 0.315. The van der Waals surface area contributed by atoms with Crippen molar-refractivity contribution in [2.45, 2.75) is 12.8 Å². The molecule has 5 heteroatoms. The van der Waals surface area contributed by atoms with E-state index in [-0.39, 0.29) is 5.97 Å². The molecule has 0 radical (unpaired) electrons. The summed E-state index contributed by atoms with van der Waals surface area (Å²) in [5.74, 6) is -0.315. The van der Waals surface area contributed by atoms with E-state index in [1.807, 2.05) is 30.3 Å². The number of carbonyl (C=O) groups excluding carboxylic acids is 1. The van der Waals surface area contributed by atoms with Crippen molar-refractivity contribution in [3.05, 3.63) is 70.0 Å². The van der Waals surface area contributed by atoms with E-state index in [1.165, 1.54) is 7.11 Å². The Kier molecular flexibility index (Phi) is 4.15. The highest BCUT2D eigenvalue weighted by Crippen LogP contribution is 2.31. The first-order valence-electron chi connectivity index (χ1n) is 8.05.